The number of ether oxygens (including phenoxy) is 1. The number of ketones is 1. The second-order valence-electron chi connectivity index (χ2n) is 6.74. The molecule has 0 saturated heterocycles. The fraction of sp³-hybridized carbons (Fsp3) is 0.261. The Kier molecular flexibility index (Phi) is 7.16. The minimum Gasteiger partial charge on any atom is -0.494 e. The van der Waals surface area contributed by atoms with E-state index < -0.39 is 0 Å². The van der Waals surface area contributed by atoms with Crippen LogP contribution in [0.2, 0.25) is 0 Å². The Morgan fingerprint density at radius 2 is 1.76 bits per heavy atom. The summed E-state index contributed by atoms with van der Waals surface area (Å²) >= 11 is 0. The molecule has 0 unspecified atom stereocenters. The number of hydrogen-bond donors (Lipinski definition) is 2. The predicted molar refractivity (Wildman–Crippen MR) is 112 cm³/mol. The summed E-state index contributed by atoms with van der Waals surface area (Å²) in [6.45, 7) is 3.12. The van der Waals surface area contributed by atoms with Gasteiger partial charge in [-0.1, -0.05) is 31.2 Å². The van der Waals surface area contributed by atoms with Crippen molar-refractivity contribution < 1.29 is 14.3 Å². The lowest BCUT2D eigenvalue weighted by Crippen LogP contribution is -2.23. The van der Waals surface area contributed by atoms with Crippen LogP contribution in [0.5, 0.6) is 5.75 Å². The molecule has 0 spiro atoms. The molecule has 0 fully saturated rings. The van der Waals surface area contributed by atoms with Crippen LogP contribution >= 0.6 is 0 Å². The summed E-state index contributed by atoms with van der Waals surface area (Å²) in [4.78, 5) is 24.4. The zero-order chi connectivity index (χ0) is 20.5. The van der Waals surface area contributed by atoms with Crippen molar-refractivity contribution >= 4 is 11.7 Å². The lowest BCUT2D eigenvalue weighted by atomic mass is 10.1. The molecule has 3 rings (SSSR count). The second kappa shape index (κ2) is 10.2. The molecule has 6 heteroatoms. The van der Waals surface area contributed by atoms with Gasteiger partial charge in [0.05, 0.1) is 12.3 Å². The van der Waals surface area contributed by atoms with Crippen molar-refractivity contribution in [2.45, 2.75) is 32.7 Å². The molecule has 0 atom stereocenters. The van der Waals surface area contributed by atoms with E-state index >= 15 is 0 Å². The van der Waals surface area contributed by atoms with E-state index in [1.807, 2.05) is 37.3 Å². The van der Waals surface area contributed by atoms with Crippen LogP contribution in [0.15, 0.2) is 60.8 Å². The number of carbonyl (C=O) groups excluding carboxylic acids is 2. The zero-order valence-corrected chi connectivity index (χ0v) is 16.5. The minimum absolute atomic E-state index is 0.0499. The quantitative estimate of drug-likeness (QED) is 0.509. The first-order valence-electron chi connectivity index (χ1n) is 9.77. The van der Waals surface area contributed by atoms with Gasteiger partial charge in [0.2, 0.25) is 5.91 Å². The van der Waals surface area contributed by atoms with Crippen molar-refractivity contribution in [2.75, 3.05) is 6.61 Å². The summed E-state index contributed by atoms with van der Waals surface area (Å²) in [5.74, 6) is 0.560. The second-order valence-corrected chi connectivity index (χ2v) is 6.74. The normalized spacial score (nSPS) is 10.5. The third-order valence-corrected chi connectivity index (χ3v) is 4.48. The molecule has 29 heavy (non-hydrogen) atoms. The van der Waals surface area contributed by atoms with E-state index in [1.54, 1.807) is 30.5 Å². The van der Waals surface area contributed by atoms with Crippen molar-refractivity contribution in [3.05, 3.63) is 71.9 Å². The van der Waals surface area contributed by atoms with Crippen molar-refractivity contribution in [1.29, 1.82) is 0 Å². The van der Waals surface area contributed by atoms with Crippen molar-refractivity contribution in [3.63, 3.8) is 0 Å². The third-order valence-electron chi connectivity index (χ3n) is 4.48. The van der Waals surface area contributed by atoms with Gasteiger partial charge < -0.3 is 10.1 Å². The number of H-pyrrole nitrogens is 1. The van der Waals surface area contributed by atoms with E-state index in [0.29, 0.717) is 18.7 Å². The topological polar surface area (TPSA) is 84.1 Å². The molecular formula is C23H25N3O3. The third kappa shape index (κ3) is 6.04. The molecule has 150 valence electrons. The van der Waals surface area contributed by atoms with Crippen LogP contribution in [0.1, 0.15) is 42.1 Å². The molecule has 1 amide bonds. The van der Waals surface area contributed by atoms with E-state index in [1.165, 1.54) is 0 Å². The summed E-state index contributed by atoms with van der Waals surface area (Å²) in [5.41, 5.74) is 3.57. The van der Waals surface area contributed by atoms with Gasteiger partial charge in [-0.25, -0.2) is 0 Å². The van der Waals surface area contributed by atoms with E-state index in [-0.39, 0.29) is 24.5 Å². The zero-order valence-electron chi connectivity index (χ0n) is 16.5. The van der Waals surface area contributed by atoms with Gasteiger partial charge in [-0.15, -0.1) is 0 Å². The number of benzene rings is 2. The smallest absolute Gasteiger partial charge is 0.220 e. The number of nitrogens with one attached hydrogen (secondary N) is 2. The molecule has 0 radical (unpaired) electrons. The number of Topliss-reactive ketones (excluding diaryl/α,β-unsaturated/α-hetero) is 1. The predicted octanol–water partition coefficient (Wildman–Crippen LogP) is 4.14. The van der Waals surface area contributed by atoms with E-state index in [9.17, 15) is 9.59 Å². The highest BCUT2D eigenvalue weighted by Crippen LogP contribution is 2.17. The molecule has 0 saturated carbocycles. The molecule has 2 aromatic carbocycles. The molecule has 1 heterocycles. The minimum atomic E-state index is -0.140. The van der Waals surface area contributed by atoms with Gasteiger partial charge in [0, 0.05) is 31.1 Å². The van der Waals surface area contributed by atoms with Crippen molar-refractivity contribution in [1.82, 2.24) is 15.5 Å². The molecular weight excluding hydrogens is 366 g/mol. The summed E-state index contributed by atoms with van der Waals surface area (Å²) in [6, 6.07) is 16.8. The molecule has 6 nitrogen and oxygen atoms in total. The average Bonchev–Trinajstić information content (AvgIpc) is 3.30. The Balaban J connectivity index is 1.42. The highest BCUT2D eigenvalue weighted by molar-refractivity contribution is 5.98. The summed E-state index contributed by atoms with van der Waals surface area (Å²) < 4.78 is 5.51. The fourth-order valence-corrected chi connectivity index (χ4v) is 2.84. The van der Waals surface area contributed by atoms with Gasteiger partial charge >= 0.3 is 0 Å². The summed E-state index contributed by atoms with van der Waals surface area (Å²) in [6.07, 6.45) is 2.99. The number of hydrogen-bond acceptors (Lipinski definition) is 4. The Labute approximate surface area is 170 Å². The van der Waals surface area contributed by atoms with Crippen LogP contribution in [-0.4, -0.2) is 28.5 Å². The largest absolute Gasteiger partial charge is 0.494 e. The van der Waals surface area contributed by atoms with Crippen molar-refractivity contribution in [3.8, 4) is 17.0 Å². The maximum absolute atomic E-state index is 12.3. The van der Waals surface area contributed by atoms with Gasteiger partial charge in [-0.3, -0.25) is 14.7 Å². The number of amides is 1. The highest BCUT2D eigenvalue weighted by atomic mass is 16.5. The maximum atomic E-state index is 12.3. The Morgan fingerprint density at radius 3 is 2.41 bits per heavy atom. The van der Waals surface area contributed by atoms with Crippen LogP contribution in [0, 0.1) is 0 Å². The number of carbonyl (C=O) groups is 2. The molecule has 3 aromatic rings. The van der Waals surface area contributed by atoms with Crippen LogP contribution in [0.3, 0.4) is 0 Å². The number of rotatable bonds is 10. The molecule has 0 aliphatic rings. The molecule has 1 aromatic heterocycles. The first kappa shape index (κ1) is 20.3. The summed E-state index contributed by atoms with van der Waals surface area (Å²) in [7, 11) is 0. The summed E-state index contributed by atoms with van der Waals surface area (Å²) in [5, 5.41) is 9.72. The highest BCUT2D eigenvalue weighted by Gasteiger charge is 2.10. The Hall–Kier alpha value is -3.41. The van der Waals surface area contributed by atoms with E-state index in [4.69, 9.17) is 4.74 Å². The molecule has 2 N–H and O–H groups in total. The van der Waals surface area contributed by atoms with Gasteiger partial charge in [0.15, 0.2) is 5.78 Å². The average molecular weight is 391 g/mol. The lowest BCUT2D eigenvalue weighted by molar-refractivity contribution is -0.121. The maximum Gasteiger partial charge on any atom is 0.220 e. The number of aromatic nitrogens is 2. The number of nitrogens with zero attached hydrogens (tertiary/aromatic N) is 1. The Morgan fingerprint density at radius 1 is 1.00 bits per heavy atom. The standard InChI is InChI=1S/C23H25N3O3/c1-2-15-29-20-9-7-19(8-10-20)22(27)11-12-23(28)24-16-17-3-5-18(6-4-17)21-13-14-25-26-21/h3-10,13-14H,2,11-12,15-16H2,1H3,(H,24,28)(H,25,26). The van der Waals surface area contributed by atoms with Crippen LogP contribution in [0.4, 0.5) is 0 Å². The van der Waals surface area contributed by atoms with Gasteiger partial charge in [0.1, 0.15) is 5.75 Å². The lowest BCUT2D eigenvalue weighted by Gasteiger charge is -2.07. The Bertz CT molecular complexity index is 917. The van der Waals surface area contributed by atoms with Crippen LogP contribution in [-0.2, 0) is 11.3 Å². The van der Waals surface area contributed by atoms with Crippen molar-refractivity contribution in [2.24, 2.45) is 0 Å². The first-order valence-corrected chi connectivity index (χ1v) is 9.77. The molecule has 0 aliphatic heterocycles. The van der Waals surface area contributed by atoms with Crippen LogP contribution in [0.25, 0.3) is 11.3 Å². The number of aromatic amines is 1. The molecule has 0 bridgehead atoms. The molecule has 0 aliphatic carbocycles. The SMILES string of the molecule is CCCOc1ccc(C(=O)CCC(=O)NCc2ccc(-c3ccn[nH]3)cc2)cc1. The van der Waals surface area contributed by atoms with E-state index in [2.05, 4.69) is 15.5 Å². The monoisotopic (exact) mass is 391 g/mol. The van der Waals surface area contributed by atoms with Gasteiger partial charge in [0.25, 0.3) is 0 Å². The van der Waals surface area contributed by atoms with Gasteiger partial charge in [-0.05, 0) is 47.9 Å². The fourth-order valence-electron chi connectivity index (χ4n) is 2.84. The van der Waals surface area contributed by atoms with E-state index in [0.717, 1.165) is 29.0 Å². The van der Waals surface area contributed by atoms with Gasteiger partial charge in [-0.2, -0.15) is 5.10 Å². The first-order chi connectivity index (χ1) is 14.2. The van der Waals surface area contributed by atoms with Crippen LogP contribution < -0.4 is 10.1 Å².